The number of carbonyl (C=O) groups excluding carboxylic acids is 1. The molecule has 1 aromatic carbocycles. The number of rotatable bonds is 9. The van der Waals surface area contributed by atoms with Crippen molar-refractivity contribution < 1.29 is 19.4 Å². The van der Waals surface area contributed by atoms with Gasteiger partial charge in [-0.1, -0.05) is 71.9 Å². The lowest BCUT2D eigenvalue weighted by Crippen LogP contribution is -2.66. The van der Waals surface area contributed by atoms with Gasteiger partial charge in [0.25, 0.3) is 0 Å². The Morgan fingerprint density at radius 2 is 1.65 bits per heavy atom. The fraction of sp³-hybridized carbons (Fsp3) is 0.459. The summed E-state index contributed by atoms with van der Waals surface area (Å²) in [5.41, 5.74) is 0.446. The van der Waals surface area contributed by atoms with Gasteiger partial charge in [0, 0.05) is 47.3 Å². The zero-order chi connectivity index (χ0) is 34.7. The van der Waals surface area contributed by atoms with E-state index in [1.54, 1.807) is 27.0 Å². The van der Waals surface area contributed by atoms with Gasteiger partial charge in [0.2, 0.25) is 0 Å². The summed E-state index contributed by atoms with van der Waals surface area (Å²) in [6.07, 6.45) is 2.77. The first-order chi connectivity index (χ1) is 22.7. The third-order valence-electron chi connectivity index (χ3n) is 9.18. The van der Waals surface area contributed by atoms with Crippen LogP contribution in [-0.2, 0) is 21.6 Å². The van der Waals surface area contributed by atoms with Crippen molar-refractivity contribution in [3.63, 3.8) is 0 Å². The van der Waals surface area contributed by atoms with E-state index in [2.05, 4.69) is 53.4 Å². The summed E-state index contributed by atoms with van der Waals surface area (Å²) >= 11 is 0. The Hall–Kier alpha value is -4.80. The minimum Gasteiger partial charge on any atom is -0.479 e. The first-order valence-electron chi connectivity index (χ1n) is 16.5. The molecule has 1 saturated heterocycles. The second kappa shape index (κ2) is 13.7. The Labute approximate surface area is 282 Å². The number of carbonyl (C=O) groups is 2. The van der Waals surface area contributed by atoms with Crippen LogP contribution in [0.5, 0.6) is 0 Å². The van der Waals surface area contributed by atoms with Crippen LogP contribution in [0.1, 0.15) is 82.9 Å². The van der Waals surface area contributed by atoms with Crippen molar-refractivity contribution in [3.05, 3.63) is 83.4 Å². The van der Waals surface area contributed by atoms with Crippen molar-refractivity contribution in [1.29, 1.82) is 0 Å². The average molecular weight is 654 g/mol. The number of piperidine rings is 1. The number of ether oxygens (including phenoxy) is 1. The van der Waals surface area contributed by atoms with Gasteiger partial charge in [0.15, 0.2) is 11.2 Å². The van der Waals surface area contributed by atoms with Gasteiger partial charge in [-0.25, -0.2) is 29.5 Å². The summed E-state index contributed by atoms with van der Waals surface area (Å²) < 4.78 is 5.45. The largest absolute Gasteiger partial charge is 0.479 e. The Balaban J connectivity index is 1.37. The first kappa shape index (κ1) is 34.5. The fourth-order valence-electron chi connectivity index (χ4n) is 6.00. The molecule has 5 rings (SSSR count). The van der Waals surface area contributed by atoms with Crippen LogP contribution in [0.2, 0.25) is 0 Å². The van der Waals surface area contributed by atoms with Crippen LogP contribution < -0.4 is 15.5 Å². The zero-order valence-electron chi connectivity index (χ0n) is 29.0. The van der Waals surface area contributed by atoms with Crippen LogP contribution in [0.3, 0.4) is 0 Å². The molecular formula is C37H47N7O4. The number of carboxylic acids is 1. The highest BCUT2D eigenvalue weighted by Crippen LogP contribution is 2.36. The number of nitrogens with one attached hydrogen (secondary N) is 2. The predicted molar refractivity (Wildman–Crippen MR) is 187 cm³/mol. The third-order valence-corrected chi connectivity index (χ3v) is 9.18. The normalized spacial score (nSPS) is 15.5. The molecule has 1 atom stereocenters. The molecule has 48 heavy (non-hydrogen) atoms. The number of alkyl carbamates (subject to hydrolysis) is 1. The van der Waals surface area contributed by atoms with Crippen LogP contribution in [0, 0.1) is 12.3 Å². The van der Waals surface area contributed by atoms with Crippen LogP contribution in [0.25, 0.3) is 11.0 Å². The van der Waals surface area contributed by atoms with E-state index in [1.165, 1.54) is 0 Å². The molecule has 4 aromatic rings. The molecular weight excluding hydrogens is 606 g/mol. The van der Waals surface area contributed by atoms with E-state index in [0.29, 0.717) is 17.6 Å². The van der Waals surface area contributed by atoms with Gasteiger partial charge >= 0.3 is 12.1 Å². The summed E-state index contributed by atoms with van der Waals surface area (Å²) in [5, 5.41) is 17.6. The lowest BCUT2D eigenvalue weighted by atomic mass is 9.73. The summed E-state index contributed by atoms with van der Waals surface area (Å²) in [6, 6.07) is 17.4. The molecule has 0 radical (unpaired) electrons. The van der Waals surface area contributed by atoms with Gasteiger partial charge in [0.1, 0.15) is 24.1 Å². The molecule has 1 aliphatic heterocycles. The molecule has 0 aliphatic carbocycles. The number of fused-ring (bicyclic) bond motifs is 1. The molecule has 1 fully saturated rings. The molecule has 1 amide bonds. The van der Waals surface area contributed by atoms with E-state index >= 15 is 0 Å². The Bertz CT molecular complexity index is 1760. The van der Waals surface area contributed by atoms with E-state index in [-0.39, 0.29) is 18.6 Å². The zero-order valence-corrected chi connectivity index (χ0v) is 29.0. The average Bonchev–Trinajstić information content (AvgIpc) is 3.05. The highest BCUT2D eigenvalue weighted by molar-refractivity contribution is 5.86. The number of pyridine rings is 2. The lowest BCUT2D eigenvalue weighted by molar-refractivity contribution is -0.148. The number of hydrogen-bond acceptors (Lipinski definition) is 9. The third kappa shape index (κ3) is 7.50. The highest BCUT2D eigenvalue weighted by atomic mass is 16.5. The lowest BCUT2D eigenvalue weighted by Gasteiger charge is -2.41. The van der Waals surface area contributed by atoms with Crippen molar-refractivity contribution in [2.75, 3.05) is 29.9 Å². The van der Waals surface area contributed by atoms with Gasteiger partial charge < -0.3 is 25.4 Å². The number of amides is 1. The van der Waals surface area contributed by atoms with E-state index in [1.807, 2.05) is 49.4 Å². The maximum absolute atomic E-state index is 13.0. The number of hydrogen-bond donors (Lipinski definition) is 3. The molecule has 0 saturated carbocycles. The number of anilines is 2. The van der Waals surface area contributed by atoms with Crippen LogP contribution >= 0.6 is 0 Å². The molecule has 3 N–H and O–H groups in total. The second-order valence-electron chi connectivity index (χ2n) is 14.6. The van der Waals surface area contributed by atoms with Crippen LogP contribution in [-0.4, -0.2) is 62.3 Å². The number of carboxylic acid groups (broad SMARTS) is 1. The number of aliphatic carboxylic acids is 1. The standard InChI is InChI=1S/C37H47N7O4/c1-24-29(39-23-37(33(45)46,36(5,6)7)43-34(47)48-22-25-12-9-8-10-13-25)41-32(35(2,3)4)42-31(24)44-20-17-26(18-21-44)28-16-15-27-14-11-19-38-30(27)40-28/h8-16,19,26H,17-18,20-23H2,1-7H3,(H,43,47)(H,45,46)(H,39,41,42). The van der Waals surface area contributed by atoms with Gasteiger partial charge in [0.05, 0.1) is 6.54 Å². The minimum absolute atomic E-state index is 0.0216. The smallest absolute Gasteiger partial charge is 0.408 e. The number of benzene rings is 1. The molecule has 3 aromatic heterocycles. The van der Waals surface area contributed by atoms with E-state index in [4.69, 9.17) is 19.7 Å². The monoisotopic (exact) mass is 653 g/mol. The molecule has 11 heteroatoms. The number of nitrogens with zero attached hydrogens (tertiary/aromatic N) is 5. The SMILES string of the molecule is Cc1c(NCC(NC(=O)OCc2ccccc2)(C(=O)O)C(C)(C)C)nc(C(C)(C)C)nc1N1CCC(c2ccc3cccnc3n2)CC1. The predicted octanol–water partition coefficient (Wildman–Crippen LogP) is 6.62. The van der Waals surface area contributed by atoms with Gasteiger partial charge in [-0.2, -0.15) is 0 Å². The van der Waals surface area contributed by atoms with Gasteiger partial charge in [-0.3, -0.25) is 0 Å². The van der Waals surface area contributed by atoms with E-state index < -0.39 is 23.0 Å². The summed E-state index contributed by atoms with van der Waals surface area (Å²) in [6.45, 7) is 14.9. The summed E-state index contributed by atoms with van der Waals surface area (Å²) in [5.74, 6) is 1.12. The molecule has 4 heterocycles. The Morgan fingerprint density at radius 3 is 2.29 bits per heavy atom. The maximum atomic E-state index is 13.0. The molecule has 1 unspecified atom stereocenters. The van der Waals surface area contributed by atoms with Crippen molar-refractivity contribution in [2.45, 2.75) is 84.8 Å². The molecule has 1 aliphatic rings. The Kier molecular flexibility index (Phi) is 9.89. The number of aromatic nitrogens is 4. The molecule has 254 valence electrons. The molecule has 0 bridgehead atoms. The Morgan fingerprint density at radius 1 is 0.938 bits per heavy atom. The molecule has 11 nitrogen and oxygen atoms in total. The minimum atomic E-state index is -1.72. The fourth-order valence-corrected chi connectivity index (χ4v) is 6.00. The van der Waals surface area contributed by atoms with Crippen molar-refractivity contribution >= 4 is 34.7 Å². The second-order valence-corrected chi connectivity index (χ2v) is 14.6. The topological polar surface area (TPSA) is 142 Å². The van der Waals surface area contributed by atoms with E-state index in [0.717, 1.165) is 59.6 Å². The van der Waals surface area contributed by atoms with Crippen molar-refractivity contribution in [3.8, 4) is 0 Å². The van der Waals surface area contributed by atoms with E-state index in [9.17, 15) is 14.7 Å². The van der Waals surface area contributed by atoms with Crippen molar-refractivity contribution in [2.24, 2.45) is 5.41 Å². The van der Waals surface area contributed by atoms with Gasteiger partial charge in [-0.05, 0) is 55.0 Å². The van der Waals surface area contributed by atoms with Crippen LogP contribution in [0.15, 0.2) is 60.8 Å². The van der Waals surface area contributed by atoms with Crippen LogP contribution in [0.4, 0.5) is 16.4 Å². The highest BCUT2D eigenvalue weighted by Gasteiger charge is 2.51. The van der Waals surface area contributed by atoms with Gasteiger partial charge in [-0.15, -0.1) is 0 Å². The maximum Gasteiger partial charge on any atom is 0.408 e. The quantitative estimate of drug-likeness (QED) is 0.180. The summed E-state index contributed by atoms with van der Waals surface area (Å²) in [7, 11) is 0. The van der Waals surface area contributed by atoms with Crippen molar-refractivity contribution in [1.82, 2.24) is 25.3 Å². The molecule has 0 spiro atoms. The summed E-state index contributed by atoms with van der Waals surface area (Å²) in [4.78, 5) is 47.5. The first-order valence-corrected chi connectivity index (χ1v) is 16.5.